The molecule has 1 aromatic heterocycles. The van der Waals surface area contributed by atoms with Gasteiger partial charge in [0.1, 0.15) is 5.54 Å². The molecule has 0 aliphatic carbocycles. The lowest BCUT2D eigenvalue weighted by atomic mass is 9.99. The third-order valence-corrected chi connectivity index (χ3v) is 3.94. The van der Waals surface area contributed by atoms with Gasteiger partial charge in [0.2, 0.25) is 0 Å². The van der Waals surface area contributed by atoms with Crippen LogP contribution in [0.25, 0.3) is 0 Å². The molecule has 1 unspecified atom stereocenters. The Morgan fingerprint density at radius 3 is 2.72 bits per heavy atom. The van der Waals surface area contributed by atoms with Crippen LogP contribution in [0.1, 0.15) is 31.0 Å². The van der Waals surface area contributed by atoms with Gasteiger partial charge in [-0.3, -0.25) is 0 Å². The van der Waals surface area contributed by atoms with Gasteiger partial charge in [-0.2, -0.15) is 5.26 Å². The monoisotopic (exact) mass is 263 g/mol. The summed E-state index contributed by atoms with van der Waals surface area (Å²) >= 11 is 1.76. The summed E-state index contributed by atoms with van der Waals surface area (Å²) < 4.78 is 0. The number of hydrogen-bond acceptors (Lipinski definition) is 4. The average molecular weight is 263 g/mol. The molecule has 0 radical (unpaired) electrons. The van der Waals surface area contributed by atoms with Gasteiger partial charge in [-0.05, 0) is 64.1 Å². The maximum atomic E-state index is 9.04. The number of aromatic nitrogens is 1. The molecule has 0 fully saturated rings. The van der Waals surface area contributed by atoms with Crippen LogP contribution in [0.4, 0.5) is 0 Å². The second kappa shape index (κ2) is 6.77. The highest BCUT2D eigenvalue weighted by molar-refractivity contribution is 7.99. The summed E-state index contributed by atoms with van der Waals surface area (Å²) in [5.41, 5.74) is 1.91. The Labute approximate surface area is 114 Å². The molecular formula is C14H21N3S. The van der Waals surface area contributed by atoms with Gasteiger partial charge in [0.25, 0.3) is 0 Å². The van der Waals surface area contributed by atoms with Crippen molar-refractivity contribution in [1.29, 1.82) is 5.26 Å². The van der Waals surface area contributed by atoms with E-state index in [0.717, 1.165) is 29.3 Å². The molecule has 1 atom stereocenters. The summed E-state index contributed by atoms with van der Waals surface area (Å²) in [6.07, 6.45) is 1.86. The molecule has 0 saturated heterocycles. The highest BCUT2D eigenvalue weighted by atomic mass is 32.2. The van der Waals surface area contributed by atoms with Crippen molar-refractivity contribution < 1.29 is 0 Å². The van der Waals surface area contributed by atoms with Gasteiger partial charge in [-0.15, -0.1) is 11.8 Å². The fourth-order valence-electron chi connectivity index (χ4n) is 1.72. The minimum absolute atomic E-state index is 0.406. The van der Waals surface area contributed by atoms with Crippen molar-refractivity contribution in [2.45, 2.75) is 44.2 Å². The Morgan fingerprint density at radius 1 is 1.44 bits per heavy atom. The minimum atomic E-state index is -0.406. The highest BCUT2D eigenvalue weighted by Crippen LogP contribution is 2.21. The number of rotatable bonds is 6. The molecule has 0 amide bonds. The van der Waals surface area contributed by atoms with Crippen LogP contribution in [0.15, 0.2) is 17.2 Å². The number of thioether (sulfide) groups is 1. The highest BCUT2D eigenvalue weighted by Gasteiger charge is 2.19. The summed E-state index contributed by atoms with van der Waals surface area (Å²) in [4.78, 5) is 4.49. The summed E-state index contributed by atoms with van der Waals surface area (Å²) in [7, 11) is 1.84. The fraction of sp³-hybridized carbons (Fsp3) is 0.571. The molecule has 3 nitrogen and oxygen atoms in total. The van der Waals surface area contributed by atoms with Gasteiger partial charge in [-0.1, -0.05) is 0 Å². The van der Waals surface area contributed by atoms with Gasteiger partial charge in [0.05, 0.1) is 11.1 Å². The van der Waals surface area contributed by atoms with Crippen LogP contribution in [0.5, 0.6) is 0 Å². The number of nitriles is 1. The number of nitrogens with one attached hydrogen (secondary N) is 1. The van der Waals surface area contributed by atoms with Crippen molar-refractivity contribution in [2.24, 2.45) is 0 Å². The lowest BCUT2D eigenvalue weighted by Gasteiger charge is -2.20. The van der Waals surface area contributed by atoms with Crippen LogP contribution in [0.2, 0.25) is 0 Å². The lowest BCUT2D eigenvalue weighted by molar-refractivity contribution is 0.451. The van der Waals surface area contributed by atoms with Crippen LogP contribution < -0.4 is 5.32 Å². The molecule has 1 heterocycles. The second-order valence-corrected chi connectivity index (χ2v) is 5.89. The van der Waals surface area contributed by atoms with E-state index in [2.05, 4.69) is 35.4 Å². The quantitative estimate of drug-likeness (QED) is 0.633. The molecule has 0 spiro atoms. The maximum Gasteiger partial charge on any atom is 0.103 e. The second-order valence-electron chi connectivity index (χ2n) is 4.77. The first-order chi connectivity index (χ1) is 8.49. The Hall–Kier alpha value is -1.05. The van der Waals surface area contributed by atoms with Crippen molar-refractivity contribution >= 4 is 11.8 Å². The lowest BCUT2D eigenvalue weighted by Crippen LogP contribution is -2.37. The molecule has 1 aromatic rings. The van der Waals surface area contributed by atoms with Gasteiger partial charge >= 0.3 is 0 Å². The minimum Gasteiger partial charge on any atom is -0.303 e. The predicted molar refractivity (Wildman–Crippen MR) is 76.7 cm³/mol. The zero-order valence-electron chi connectivity index (χ0n) is 11.6. The van der Waals surface area contributed by atoms with Crippen molar-refractivity contribution in [3.8, 4) is 6.07 Å². The predicted octanol–water partition coefficient (Wildman–Crippen LogP) is 3.07. The number of nitrogens with zero attached hydrogens (tertiary/aromatic N) is 2. The Balaban J connectivity index is 2.41. The summed E-state index contributed by atoms with van der Waals surface area (Å²) in [5, 5.41) is 13.2. The molecular weight excluding hydrogens is 242 g/mol. The number of hydrogen-bond donors (Lipinski definition) is 1. The molecule has 0 saturated carbocycles. The largest absolute Gasteiger partial charge is 0.303 e. The zero-order valence-corrected chi connectivity index (χ0v) is 12.4. The Kier molecular flexibility index (Phi) is 5.64. The van der Waals surface area contributed by atoms with E-state index in [1.807, 2.05) is 20.9 Å². The number of pyridine rings is 1. The first kappa shape index (κ1) is 15.0. The van der Waals surface area contributed by atoms with Gasteiger partial charge < -0.3 is 5.32 Å². The molecule has 1 N–H and O–H groups in total. The maximum absolute atomic E-state index is 9.04. The van der Waals surface area contributed by atoms with E-state index in [0.29, 0.717) is 0 Å². The molecule has 4 heteroatoms. The van der Waals surface area contributed by atoms with Crippen LogP contribution >= 0.6 is 11.8 Å². The van der Waals surface area contributed by atoms with E-state index in [1.165, 1.54) is 5.56 Å². The van der Waals surface area contributed by atoms with E-state index in [4.69, 9.17) is 5.26 Å². The zero-order chi connectivity index (χ0) is 13.6. The van der Waals surface area contributed by atoms with E-state index in [1.54, 1.807) is 11.8 Å². The smallest absolute Gasteiger partial charge is 0.103 e. The standard InChI is InChI=1S/C14H21N3S/c1-11-8-12(2)17-13(9-11)18-7-5-6-14(3,10-15)16-4/h8-9,16H,5-7H2,1-4H3. The Morgan fingerprint density at radius 2 is 2.17 bits per heavy atom. The van der Waals surface area contributed by atoms with Gasteiger partial charge in [0.15, 0.2) is 0 Å². The molecule has 0 aliphatic heterocycles. The van der Waals surface area contributed by atoms with Crippen molar-refractivity contribution in [3.63, 3.8) is 0 Å². The third-order valence-electron chi connectivity index (χ3n) is 2.94. The molecule has 0 aliphatic rings. The Bertz CT molecular complexity index is 419. The molecule has 0 bridgehead atoms. The van der Waals surface area contributed by atoms with Crippen molar-refractivity contribution in [2.75, 3.05) is 12.8 Å². The summed E-state index contributed by atoms with van der Waals surface area (Å²) in [6.45, 7) is 6.05. The first-order valence-electron chi connectivity index (χ1n) is 6.17. The third kappa shape index (κ3) is 4.67. The summed E-state index contributed by atoms with van der Waals surface area (Å²) in [5.74, 6) is 0.995. The molecule has 98 valence electrons. The number of aryl methyl sites for hydroxylation is 2. The first-order valence-corrected chi connectivity index (χ1v) is 7.16. The van der Waals surface area contributed by atoms with Crippen LogP contribution in [0, 0.1) is 25.2 Å². The van der Waals surface area contributed by atoms with Crippen LogP contribution in [-0.4, -0.2) is 23.3 Å². The van der Waals surface area contributed by atoms with Crippen molar-refractivity contribution in [3.05, 3.63) is 23.4 Å². The van der Waals surface area contributed by atoms with E-state index < -0.39 is 5.54 Å². The topological polar surface area (TPSA) is 48.7 Å². The summed E-state index contributed by atoms with van der Waals surface area (Å²) in [6, 6.07) is 6.50. The van der Waals surface area contributed by atoms with E-state index in [9.17, 15) is 0 Å². The van der Waals surface area contributed by atoms with E-state index in [-0.39, 0.29) is 0 Å². The van der Waals surface area contributed by atoms with Gasteiger partial charge in [0, 0.05) is 5.69 Å². The molecule has 1 rings (SSSR count). The normalized spacial score (nSPS) is 13.9. The van der Waals surface area contributed by atoms with Crippen LogP contribution in [0.3, 0.4) is 0 Å². The fourth-order valence-corrected chi connectivity index (χ4v) is 2.69. The SMILES string of the molecule is CNC(C)(C#N)CCCSc1cc(C)cc(C)n1. The molecule has 18 heavy (non-hydrogen) atoms. The van der Waals surface area contributed by atoms with Crippen molar-refractivity contribution in [1.82, 2.24) is 10.3 Å². The van der Waals surface area contributed by atoms with E-state index >= 15 is 0 Å². The van der Waals surface area contributed by atoms with Gasteiger partial charge in [-0.25, -0.2) is 4.98 Å². The van der Waals surface area contributed by atoms with Crippen LogP contribution in [-0.2, 0) is 0 Å². The average Bonchev–Trinajstić information content (AvgIpc) is 2.33. The molecule has 0 aromatic carbocycles.